The maximum Gasteiger partial charge on any atom is 0.242 e. The van der Waals surface area contributed by atoms with Crippen LogP contribution < -0.4 is 21.5 Å². The molecule has 0 spiro atoms. The van der Waals surface area contributed by atoms with Gasteiger partial charge < -0.3 is 17.0 Å². The van der Waals surface area contributed by atoms with E-state index in [1.807, 2.05) is 18.7 Å². The average molecular weight is 257 g/mol. The molecule has 0 aromatic carbocycles. The zero-order valence-electron chi connectivity index (χ0n) is 9.13. The Morgan fingerprint density at radius 2 is 2.00 bits per heavy atom. The van der Waals surface area contributed by atoms with Crippen LogP contribution in [0.25, 0.3) is 0 Å². The van der Waals surface area contributed by atoms with Crippen LogP contribution in [0.5, 0.6) is 0 Å². The third kappa shape index (κ3) is 4.48. The molecule has 78 valence electrons. The first-order valence-electron chi connectivity index (χ1n) is 4.55. The van der Waals surface area contributed by atoms with Gasteiger partial charge in [-0.15, -0.1) is 0 Å². The van der Waals surface area contributed by atoms with Crippen LogP contribution in [-0.2, 0) is 0 Å². The molecule has 1 N–H and O–H groups in total. The smallest absolute Gasteiger partial charge is 0.242 e. The molecule has 1 heterocycles. The van der Waals surface area contributed by atoms with Gasteiger partial charge in [-0.2, -0.15) is 0 Å². The van der Waals surface area contributed by atoms with Crippen LogP contribution in [0.15, 0.2) is 18.7 Å². The van der Waals surface area contributed by atoms with Crippen LogP contribution in [0.2, 0.25) is 0 Å². The number of nitrogens with one attached hydrogen (secondary N) is 1. The Morgan fingerprint density at radius 3 is 2.43 bits per heavy atom. The van der Waals surface area contributed by atoms with Gasteiger partial charge in [0.2, 0.25) is 6.33 Å². The summed E-state index contributed by atoms with van der Waals surface area (Å²) in [6.45, 7) is 8.45. The molecule has 0 saturated carbocycles. The van der Waals surface area contributed by atoms with Crippen LogP contribution >= 0.6 is 0 Å². The van der Waals surface area contributed by atoms with Gasteiger partial charge in [-0.25, -0.2) is 4.57 Å². The second kappa shape index (κ2) is 5.21. The third-order valence-electron chi connectivity index (χ3n) is 1.67. The summed E-state index contributed by atoms with van der Waals surface area (Å²) in [5, 5.41) is 0. The van der Waals surface area contributed by atoms with Gasteiger partial charge in [0, 0.05) is 5.41 Å². The minimum absolute atomic E-state index is 0. The van der Waals surface area contributed by atoms with Crippen molar-refractivity contribution in [2.24, 2.45) is 5.41 Å². The SMILES string of the molecule is CC(C#CC(C)(C)C)[n+]1cc[nH]c1.[Br-]. The number of aromatic nitrogens is 2. The van der Waals surface area contributed by atoms with Gasteiger partial charge in [0.05, 0.1) is 0 Å². The molecule has 0 aliphatic heterocycles. The van der Waals surface area contributed by atoms with Crippen LogP contribution in [0.4, 0.5) is 0 Å². The van der Waals surface area contributed by atoms with Gasteiger partial charge in [0.1, 0.15) is 12.4 Å². The van der Waals surface area contributed by atoms with Gasteiger partial charge >= 0.3 is 0 Å². The summed E-state index contributed by atoms with van der Waals surface area (Å²) in [5.41, 5.74) is 0.0884. The summed E-state index contributed by atoms with van der Waals surface area (Å²) >= 11 is 0. The van der Waals surface area contributed by atoms with Crippen molar-refractivity contribution in [1.82, 2.24) is 4.98 Å². The lowest BCUT2D eigenvalue weighted by molar-refractivity contribution is -0.705. The molecule has 0 radical (unpaired) electrons. The van der Waals surface area contributed by atoms with Gasteiger partial charge in [-0.1, -0.05) is 11.8 Å². The monoisotopic (exact) mass is 256 g/mol. The van der Waals surface area contributed by atoms with E-state index in [4.69, 9.17) is 0 Å². The number of H-pyrrole nitrogens is 1. The molecule has 1 aromatic heterocycles. The van der Waals surface area contributed by atoms with E-state index in [-0.39, 0.29) is 28.4 Å². The highest BCUT2D eigenvalue weighted by molar-refractivity contribution is 5.08. The van der Waals surface area contributed by atoms with Crippen LogP contribution in [0, 0.1) is 17.3 Å². The molecule has 0 aliphatic carbocycles. The van der Waals surface area contributed by atoms with Crippen molar-refractivity contribution in [2.75, 3.05) is 0 Å². The fourth-order valence-corrected chi connectivity index (χ4v) is 0.938. The summed E-state index contributed by atoms with van der Waals surface area (Å²) in [6.07, 6.45) is 5.80. The second-order valence-corrected chi connectivity index (χ2v) is 4.25. The molecular formula is C11H17BrN2. The van der Waals surface area contributed by atoms with Gasteiger partial charge in [-0.3, -0.25) is 4.98 Å². The molecular weight excluding hydrogens is 240 g/mol. The van der Waals surface area contributed by atoms with Crippen molar-refractivity contribution in [3.05, 3.63) is 18.7 Å². The summed E-state index contributed by atoms with van der Waals surface area (Å²) < 4.78 is 2.05. The van der Waals surface area contributed by atoms with Crippen molar-refractivity contribution in [3.8, 4) is 11.8 Å². The molecule has 3 heteroatoms. The van der Waals surface area contributed by atoms with Crippen LogP contribution in [0.1, 0.15) is 33.7 Å². The van der Waals surface area contributed by atoms with E-state index in [0.717, 1.165) is 0 Å². The van der Waals surface area contributed by atoms with E-state index in [9.17, 15) is 0 Å². The van der Waals surface area contributed by atoms with Crippen LogP contribution in [-0.4, -0.2) is 4.98 Å². The molecule has 1 atom stereocenters. The first-order chi connectivity index (χ1) is 5.99. The first-order valence-corrected chi connectivity index (χ1v) is 4.55. The van der Waals surface area contributed by atoms with E-state index in [1.54, 1.807) is 0 Å². The molecule has 0 fully saturated rings. The van der Waals surface area contributed by atoms with E-state index in [1.165, 1.54) is 0 Å². The largest absolute Gasteiger partial charge is 1.00 e. The minimum atomic E-state index is 0. The van der Waals surface area contributed by atoms with E-state index < -0.39 is 0 Å². The lowest BCUT2D eigenvalue weighted by atomic mass is 9.97. The van der Waals surface area contributed by atoms with Crippen molar-refractivity contribution in [3.63, 3.8) is 0 Å². The number of halogens is 1. The normalized spacial score (nSPS) is 12.3. The zero-order chi connectivity index (χ0) is 9.90. The summed E-state index contributed by atoms with van der Waals surface area (Å²) in [5.74, 6) is 6.44. The number of nitrogens with zero attached hydrogens (tertiary/aromatic N) is 1. The molecule has 1 unspecified atom stereocenters. The molecule has 1 aromatic rings. The van der Waals surface area contributed by atoms with E-state index >= 15 is 0 Å². The number of hydrogen-bond donors (Lipinski definition) is 1. The second-order valence-electron chi connectivity index (χ2n) is 4.25. The summed E-state index contributed by atoms with van der Waals surface area (Å²) in [7, 11) is 0. The molecule has 0 aliphatic rings. The Balaban J connectivity index is 0.00000169. The van der Waals surface area contributed by atoms with Crippen molar-refractivity contribution in [2.45, 2.75) is 33.7 Å². The summed E-state index contributed by atoms with van der Waals surface area (Å²) in [4.78, 5) is 3.00. The molecule has 0 bridgehead atoms. The van der Waals surface area contributed by atoms with Crippen molar-refractivity contribution >= 4 is 0 Å². The molecule has 0 amide bonds. The fraction of sp³-hybridized carbons (Fsp3) is 0.545. The quantitative estimate of drug-likeness (QED) is 0.487. The zero-order valence-corrected chi connectivity index (χ0v) is 10.7. The Morgan fingerprint density at radius 1 is 1.36 bits per heavy atom. The topological polar surface area (TPSA) is 19.7 Å². The summed E-state index contributed by atoms with van der Waals surface area (Å²) in [6, 6.07) is 0.241. The molecule has 1 rings (SSSR count). The highest BCUT2D eigenvalue weighted by Crippen LogP contribution is 2.10. The predicted octanol–water partition coefficient (Wildman–Crippen LogP) is -1.08. The Kier molecular flexibility index (Phi) is 4.93. The van der Waals surface area contributed by atoms with E-state index in [2.05, 4.69) is 49.1 Å². The molecule has 2 nitrogen and oxygen atoms in total. The standard InChI is InChI=1S/C11H16N2.BrH/c1-10(5-6-11(2,3)4)13-8-7-12-9-13;/h7-10H,1-4H3;1H. The maximum absolute atomic E-state index is 3.23. The minimum Gasteiger partial charge on any atom is -1.00 e. The predicted molar refractivity (Wildman–Crippen MR) is 52.9 cm³/mol. The van der Waals surface area contributed by atoms with Gasteiger partial charge in [-0.05, 0) is 27.7 Å². The maximum atomic E-state index is 3.23. The fourth-order valence-electron chi connectivity index (χ4n) is 0.938. The number of rotatable bonds is 1. The van der Waals surface area contributed by atoms with Crippen molar-refractivity contribution in [1.29, 1.82) is 0 Å². The lowest BCUT2D eigenvalue weighted by Crippen LogP contribution is -3.00. The third-order valence-corrected chi connectivity index (χ3v) is 1.67. The highest BCUT2D eigenvalue weighted by atomic mass is 79.9. The van der Waals surface area contributed by atoms with Gasteiger partial charge in [0.25, 0.3) is 0 Å². The Bertz CT molecular complexity index is 311. The average Bonchev–Trinajstić information content (AvgIpc) is 2.50. The van der Waals surface area contributed by atoms with Crippen LogP contribution in [0.3, 0.4) is 0 Å². The highest BCUT2D eigenvalue weighted by Gasteiger charge is 2.07. The van der Waals surface area contributed by atoms with Crippen molar-refractivity contribution < 1.29 is 21.5 Å². The van der Waals surface area contributed by atoms with E-state index in [0.29, 0.717) is 0 Å². The Hall–Kier alpha value is -0.750. The first kappa shape index (κ1) is 13.2. The number of hydrogen-bond acceptors (Lipinski definition) is 0. The number of imidazole rings is 1. The molecule has 14 heavy (non-hydrogen) atoms. The molecule has 0 saturated heterocycles. The number of aromatic amines is 1. The Labute approximate surface area is 96.5 Å². The van der Waals surface area contributed by atoms with Gasteiger partial charge in [0.15, 0.2) is 6.04 Å². The lowest BCUT2D eigenvalue weighted by Gasteiger charge is -2.07.